The third-order valence-electron chi connectivity index (χ3n) is 3.98. The average Bonchev–Trinajstić information content (AvgIpc) is 2.67. The fourth-order valence-corrected chi connectivity index (χ4v) is 2.57. The molecule has 0 unspecified atom stereocenters. The summed E-state index contributed by atoms with van der Waals surface area (Å²) in [4.78, 5) is 0. The number of halogens is 3. The Hall–Kier alpha value is -3.03. The Kier molecular flexibility index (Phi) is 4.83. The minimum atomic E-state index is -4.39. The van der Waals surface area contributed by atoms with E-state index < -0.39 is 17.3 Å². The van der Waals surface area contributed by atoms with E-state index in [0.29, 0.717) is 16.7 Å². The number of hydrogen-bond acceptors (Lipinski definition) is 1. The highest BCUT2D eigenvalue weighted by molar-refractivity contribution is 5.48. The van der Waals surface area contributed by atoms with E-state index >= 15 is 0 Å². The summed E-state index contributed by atoms with van der Waals surface area (Å²) in [5.41, 5.74) is -0.727. The van der Waals surface area contributed by atoms with Crippen molar-refractivity contribution in [3.05, 3.63) is 107 Å². The summed E-state index contributed by atoms with van der Waals surface area (Å²) in [6.45, 7) is 0. The van der Waals surface area contributed by atoms with Crippen molar-refractivity contribution in [2.45, 2.75) is 11.8 Å². The summed E-state index contributed by atoms with van der Waals surface area (Å²) in [6.07, 6.45) is -4.39. The van der Waals surface area contributed by atoms with Crippen LogP contribution in [-0.2, 0) is 11.8 Å². The molecule has 0 saturated heterocycles. The van der Waals surface area contributed by atoms with Crippen molar-refractivity contribution in [3.63, 3.8) is 0 Å². The third-order valence-corrected chi connectivity index (χ3v) is 3.98. The second-order valence-electron chi connectivity index (χ2n) is 5.77. The van der Waals surface area contributed by atoms with Crippen molar-refractivity contribution in [2.24, 2.45) is 0 Å². The van der Waals surface area contributed by atoms with Crippen molar-refractivity contribution >= 4 is 0 Å². The number of aliphatic hydroxyl groups is 1. The molecule has 26 heavy (non-hydrogen) atoms. The normalized spacial score (nSPS) is 11.5. The van der Waals surface area contributed by atoms with E-state index in [1.165, 1.54) is 12.1 Å². The second-order valence-corrected chi connectivity index (χ2v) is 5.77. The number of hydrogen-bond donors (Lipinski definition) is 1. The van der Waals surface area contributed by atoms with E-state index in [4.69, 9.17) is 0 Å². The lowest BCUT2D eigenvalue weighted by Gasteiger charge is -2.23. The molecule has 1 N–H and O–H groups in total. The van der Waals surface area contributed by atoms with Crippen LogP contribution in [0.2, 0.25) is 0 Å². The monoisotopic (exact) mass is 352 g/mol. The zero-order valence-electron chi connectivity index (χ0n) is 13.7. The zero-order chi connectivity index (χ0) is 18.6. The number of alkyl halides is 3. The van der Waals surface area contributed by atoms with Crippen molar-refractivity contribution in [3.8, 4) is 11.8 Å². The Balaban J connectivity index is 2.02. The predicted octanol–water partition coefficient (Wildman–Crippen LogP) is 4.99. The first-order valence-electron chi connectivity index (χ1n) is 7.93. The quantitative estimate of drug-likeness (QED) is 0.644. The summed E-state index contributed by atoms with van der Waals surface area (Å²) >= 11 is 0. The first kappa shape index (κ1) is 17.8. The van der Waals surface area contributed by atoms with E-state index in [-0.39, 0.29) is 0 Å². The van der Waals surface area contributed by atoms with Gasteiger partial charge in [0.1, 0.15) is 0 Å². The van der Waals surface area contributed by atoms with Gasteiger partial charge in [-0.2, -0.15) is 13.2 Å². The molecule has 4 heteroatoms. The Morgan fingerprint density at radius 1 is 0.615 bits per heavy atom. The van der Waals surface area contributed by atoms with Crippen LogP contribution in [0.4, 0.5) is 13.2 Å². The minimum Gasteiger partial charge on any atom is -0.369 e. The SMILES string of the molecule is OC(C#Cc1ccc(C(F)(F)F)cc1)(c1ccccc1)c1ccccc1. The number of benzene rings is 3. The lowest BCUT2D eigenvalue weighted by molar-refractivity contribution is -0.137. The van der Waals surface area contributed by atoms with Crippen LogP contribution >= 0.6 is 0 Å². The highest BCUT2D eigenvalue weighted by Gasteiger charge is 2.30. The van der Waals surface area contributed by atoms with Gasteiger partial charge in [0.25, 0.3) is 0 Å². The van der Waals surface area contributed by atoms with Crippen LogP contribution in [0.25, 0.3) is 0 Å². The molecule has 0 fully saturated rings. The molecule has 0 atom stereocenters. The van der Waals surface area contributed by atoms with Crippen LogP contribution in [-0.4, -0.2) is 5.11 Å². The van der Waals surface area contributed by atoms with Crippen molar-refractivity contribution < 1.29 is 18.3 Å². The van der Waals surface area contributed by atoms with E-state index in [1.807, 2.05) is 12.1 Å². The van der Waals surface area contributed by atoms with Crippen LogP contribution in [0.5, 0.6) is 0 Å². The van der Waals surface area contributed by atoms with Gasteiger partial charge in [0.15, 0.2) is 5.60 Å². The van der Waals surface area contributed by atoms with Crippen LogP contribution < -0.4 is 0 Å². The minimum absolute atomic E-state index is 0.392. The van der Waals surface area contributed by atoms with Gasteiger partial charge in [0, 0.05) is 16.7 Å². The molecule has 0 aliphatic heterocycles. The molecule has 0 heterocycles. The fraction of sp³-hybridized carbons (Fsp3) is 0.0909. The Labute approximate surface area is 149 Å². The van der Waals surface area contributed by atoms with Gasteiger partial charge in [0.05, 0.1) is 5.56 Å². The predicted molar refractivity (Wildman–Crippen MR) is 94.2 cm³/mol. The standard InChI is InChI=1S/C22H15F3O/c23-22(24,25)20-13-11-17(12-14-20)15-16-21(26,18-7-3-1-4-8-18)19-9-5-2-6-10-19/h1-14,26H. The molecule has 0 spiro atoms. The maximum Gasteiger partial charge on any atom is 0.416 e. The van der Waals surface area contributed by atoms with E-state index in [2.05, 4.69) is 11.8 Å². The molecule has 3 rings (SSSR count). The molecule has 1 nitrogen and oxygen atoms in total. The first-order valence-corrected chi connectivity index (χ1v) is 7.93. The third kappa shape index (κ3) is 3.79. The summed E-state index contributed by atoms with van der Waals surface area (Å²) in [5.74, 6) is 5.62. The lowest BCUT2D eigenvalue weighted by Crippen LogP contribution is -2.25. The molecular formula is C22H15F3O. The van der Waals surface area contributed by atoms with E-state index in [0.717, 1.165) is 12.1 Å². The van der Waals surface area contributed by atoms with Gasteiger partial charge in [-0.1, -0.05) is 72.5 Å². The summed E-state index contributed by atoms with van der Waals surface area (Å²) in [6, 6.07) is 22.4. The molecule has 130 valence electrons. The van der Waals surface area contributed by atoms with Gasteiger partial charge in [-0.05, 0) is 24.3 Å². The smallest absolute Gasteiger partial charge is 0.369 e. The van der Waals surface area contributed by atoms with Gasteiger partial charge in [-0.15, -0.1) is 0 Å². The molecule has 0 aromatic heterocycles. The summed E-state index contributed by atoms with van der Waals surface area (Å²) in [5, 5.41) is 11.2. The zero-order valence-corrected chi connectivity index (χ0v) is 13.7. The number of rotatable bonds is 2. The van der Waals surface area contributed by atoms with Crippen LogP contribution in [0.3, 0.4) is 0 Å². The summed E-state index contributed by atoms with van der Waals surface area (Å²) in [7, 11) is 0. The van der Waals surface area contributed by atoms with Crippen LogP contribution in [0.15, 0.2) is 84.9 Å². The average molecular weight is 352 g/mol. The first-order chi connectivity index (χ1) is 12.4. The maximum absolute atomic E-state index is 12.7. The largest absolute Gasteiger partial charge is 0.416 e. The van der Waals surface area contributed by atoms with E-state index in [9.17, 15) is 18.3 Å². The Bertz CT molecular complexity index is 879. The molecule has 3 aromatic carbocycles. The molecule has 3 aromatic rings. The van der Waals surface area contributed by atoms with Crippen LogP contribution in [0, 0.1) is 11.8 Å². The molecular weight excluding hydrogens is 337 g/mol. The highest BCUT2D eigenvalue weighted by atomic mass is 19.4. The Morgan fingerprint density at radius 3 is 1.50 bits per heavy atom. The molecule has 0 radical (unpaired) electrons. The molecule has 0 aliphatic carbocycles. The van der Waals surface area contributed by atoms with Crippen molar-refractivity contribution in [1.29, 1.82) is 0 Å². The highest BCUT2D eigenvalue weighted by Crippen LogP contribution is 2.30. The lowest BCUT2D eigenvalue weighted by atomic mass is 9.86. The maximum atomic E-state index is 12.7. The topological polar surface area (TPSA) is 20.2 Å². The van der Waals surface area contributed by atoms with Gasteiger partial charge in [0.2, 0.25) is 0 Å². The Morgan fingerprint density at radius 2 is 1.08 bits per heavy atom. The van der Waals surface area contributed by atoms with E-state index in [1.54, 1.807) is 48.5 Å². The van der Waals surface area contributed by atoms with Crippen molar-refractivity contribution in [2.75, 3.05) is 0 Å². The van der Waals surface area contributed by atoms with Gasteiger partial charge in [-0.25, -0.2) is 0 Å². The van der Waals surface area contributed by atoms with Crippen molar-refractivity contribution in [1.82, 2.24) is 0 Å². The molecule has 0 bridgehead atoms. The van der Waals surface area contributed by atoms with Gasteiger partial charge < -0.3 is 5.11 Å². The second kappa shape index (κ2) is 7.07. The van der Waals surface area contributed by atoms with Gasteiger partial charge >= 0.3 is 6.18 Å². The molecule has 0 amide bonds. The van der Waals surface area contributed by atoms with Gasteiger partial charge in [-0.3, -0.25) is 0 Å². The molecule has 0 aliphatic rings. The van der Waals surface area contributed by atoms with Crippen LogP contribution in [0.1, 0.15) is 22.3 Å². The summed E-state index contributed by atoms with van der Waals surface area (Å²) < 4.78 is 38.0. The fourth-order valence-electron chi connectivity index (χ4n) is 2.57. The molecule has 0 saturated carbocycles.